The van der Waals surface area contributed by atoms with Gasteiger partial charge in [0.2, 0.25) is 0 Å². The molecule has 0 aromatic heterocycles. The Morgan fingerprint density at radius 3 is 2.73 bits per heavy atom. The van der Waals surface area contributed by atoms with Crippen molar-refractivity contribution in [2.45, 2.75) is 13.5 Å². The van der Waals surface area contributed by atoms with E-state index >= 15 is 0 Å². The third-order valence-electron chi connectivity index (χ3n) is 1.81. The maximum absolute atomic E-state index is 5.50. The zero-order valence-corrected chi connectivity index (χ0v) is 7.02. The molecule has 0 unspecified atom stereocenters. The van der Waals surface area contributed by atoms with Gasteiger partial charge in [0.25, 0.3) is 0 Å². The smallest absolute Gasteiger partial charge is 0.0370 e. The lowest BCUT2D eigenvalue weighted by molar-refractivity contribution is 1.07. The molecule has 2 nitrogen and oxygen atoms in total. The summed E-state index contributed by atoms with van der Waals surface area (Å²) in [5, 5.41) is 3.11. The SMILES string of the molecule is CNc1cc(CN)ccc1C. The first-order valence-electron chi connectivity index (χ1n) is 3.75. The summed E-state index contributed by atoms with van der Waals surface area (Å²) in [6.07, 6.45) is 0. The molecule has 0 saturated carbocycles. The van der Waals surface area contributed by atoms with Crippen LogP contribution in [0.2, 0.25) is 0 Å². The van der Waals surface area contributed by atoms with E-state index in [1.54, 1.807) is 0 Å². The van der Waals surface area contributed by atoms with Gasteiger partial charge < -0.3 is 11.1 Å². The van der Waals surface area contributed by atoms with Crippen molar-refractivity contribution < 1.29 is 0 Å². The van der Waals surface area contributed by atoms with Crippen LogP contribution in [0.1, 0.15) is 11.1 Å². The van der Waals surface area contributed by atoms with Crippen LogP contribution in [0.25, 0.3) is 0 Å². The maximum atomic E-state index is 5.50. The Hall–Kier alpha value is -1.02. The zero-order valence-electron chi connectivity index (χ0n) is 7.02. The topological polar surface area (TPSA) is 38.0 Å². The van der Waals surface area contributed by atoms with Gasteiger partial charge in [0, 0.05) is 19.3 Å². The van der Waals surface area contributed by atoms with Crippen LogP contribution in [-0.4, -0.2) is 7.05 Å². The molecule has 0 aliphatic carbocycles. The molecule has 0 radical (unpaired) electrons. The minimum atomic E-state index is 0.606. The molecule has 11 heavy (non-hydrogen) atoms. The first-order chi connectivity index (χ1) is 5.27. The summed E-state index contributed by atoms with van der Waals surface area (Å²) in [5.74, 6) is 0. The van der Waals surface area contributed by atoms with Crippen molar-refractivity contribution in [3.05, 3.63) is 29.3 Å². The number of anilines is 1. The predicted molar refractivity (Wildman–Crippen MR) is 48.6 cm³/mol. The van der Waals surface area contributed by atoms with Crippen molar-refractivity contribution in [1.29, 1.82) is 0 Å². The van der Waals surface area contributed by atoms with Gasteiger partial charge in [-0.1, -0.05) is 12.1 Å². The Morgan fingerprint density at radius 2 is 2.18 bits per heavy atom. The average molecular weight is 150 g/mol. The molecule has 0 aliphatic rings. The summed E-state index contributed by atoms with van der Waals surface area (Å²) in [4.78, 5) is 0. The van der Waals surface area contributed by atoms with Crippen LogP contribution in [0.15, 0.2) is 18.2 Å². The summed E-state index contributed by atoms with van der Waals surface area (Å²) >= 11 is 0. The molecule has 0 saturated heterocycles. The van der Waals surface area contributed by atoms with E-state index in [1.165, 1.54) is 11.1 Å². The third kappa shape index (κ3) is 1.71. The Kier molecular flexibility index (Phi) is 2.49. The highest BCUT2D eigenvalue weighted by atomic mass is 14.8. The van der Waals surface area contributed by atoms with Crippen LogP contribution < -0.4 is 11.1 Å². The van der Waals surface area contributed by atoms with Gasteiger partial charge >= 0.3 is 0 Å². The highest BCUT2D eigenvalue weighted by Gasteiger charge is 1.95. The summed E-state index contributed by atoms with van der Waals surface area (Å²) in [6, 6.07) is 6.21. The molecule has 2 heteroatoms. The number of hydrogen-bond acceptors (Lipinski definition) is 2. The van der Waals surface area contributed by atoms with E-state index in [4.69, 9.17) is 5.73 Å². The highest BCUT2D eigenvalue weighted by Crippen LogP contribution is 2.15. The summed E-state index contributed by atoms with van der Waals surface area (Å²) in [6.45, 7) is 2.68. The summed E-state index contributed by atoms with van der Waals surface area (Å²) < 4.78 is 0. The third-order valence-corrected chi connectivity index (χ3v) is 1.81. The Bertz CT molecular complexity index is 243. The van der Waals surface area contributed by atoms with Crippen molar-refractivity contribution in [2.24, 2.45) is 5.73 Å². The monoisotopic (exact) mass is 150 g/mol. The van der Waals surface area contributed by atoms with Crippen LogP contribution in [-0.2, 0) is 6.54 Å². The van der Waals surface area contributed by atoms with Crippen LogP contribution in [0, 0.1) is 6.92 Å². The molecule has 0 atom stereocenters. The molecule has 0 heterocycles. The van der Waals surface area contributed by atoms with Crippen molar-refractivity contribution in [3.63, 3.8) is 0 Å². The highest BCUT2D eigenvalue weighted by molar-refractivity contribution is 5.52. The summed E-state index contributed by atoms with van der Waals surface area (Å²) in [7, 11) is 1.92. The van der Waals surface area contributed by atoms with E-state index in [0.29, 0.717) is 6.54 Å². The van der Waals surface area contributed by atoms with Gasteiger partial charge in [-0.3, -0.25) is 0 Å². The van der Waals surface area contributed by atoms with Crippen LogP contribution >= 0.6 is 0 Å². The summed E-state index contributed by atoms with van der Waals surface area (Å²) in [5.41, 5.74) is 9.08. The van der Waals surface area contributed by atoms with E-state index < -0.39 is 0 Å². The maximum Gasteiger partial charge on any atom is 0.0370 e. The van der Waals surface area contributed by atoms with E-state index in [0.717, 1.165) is 5.69 Å². The molecule has 1 aromatic rings. The lowest BCUT2D eigenvalue weighted by atomic mass is 10.1. The number of benzene rings is 1. The molecule has 3 N–H and O–H groups in total. The van der Waals surface area contributed by atoms with Gasteiger partial charge in [-0.25, -0.2) is 0 Å². The molecule has 0 aliphatic heterocycles. The Labute approximate surface area is 67.4 Å². The van der Waals surface area contributed by atoms with E-state index in [2.05, 4.69) is 30.4 Å². The number of rotatable bonds is 2. The quantitative estimate of drug-likeness (QED) is 0.670. The molecule has 0 spiro atoms. The minimum Gasteiger partial charge on any atom is -0.388 e. The molecular weight excluding hydrogens is 136 g/mol. The molecular formula is C9H14N2. The number of aryl methyl sites for hydroxylation is 1. The normalized spacial score (nSPS) is 9.73. The van der Waals surface area contributed by atoms with Gasteiger partial charge in [-0.05, 0) is 24.1 Å². The number of nitrogens with two attached hydrogens (primary N) is 1. The molecule has 1 rings (SSSR count). The standard InChI is InChI=1S/C9H14N2/c1-7-3-4-8(6-10)5-9(7)11-2/h3-5,11H,6,10H2,1-2H3. The number of nitrogens with one attached hydrogen (secondary N) is 1. The molecule has 0 bridgehead atoms. The van der Waals surface area contributed by atoms with Crippen molar-refractivity contribution in [1.82, 2.24) is 0 Å². The second-order valence-corrected chi connectivity index (χ2v) is 2.60. The first-order valence-corrected chi connectivity index (χ1v) is 3.75. The predicted octanol–water partition coefficient (Wildman–Crippen LogP) is 1.50. The average Bonchev–Trinajstić information content (AvgIpc) is 2.05. The molecule has 0 fully saturated rings. The van der Waals surface area contributed by atoms with E-state index in [9.17, 15) is 0 Å². The zero-order chi connectivity index (χ0) is 8.27. The lowest BCUT2D eigenvalue weighted by Crippen LogP contribution is -1.98. The van der Waals surface area contributed by atoms with Crippen molar-refractivity contribution in [3.8, 4) is 0 Å². The second kappa shape index (κ2) is 3.39. The van der Waals surface area contributed by atoms with E-state index in [1.807, 2.05) is 7.05 Å². The fourth-order valence-corrected chi connectivity index (χ4v) is 1.07. The fourth-order valence-electron chi connectivity index (χ4n) is 1.07. The largest absolute Gasteiger partial charge is 0.388 e. The molecule has 1 aromatic carbocycles. The lowest BCUT2D eigenvalue weighted by Gasteiger charge is -2.06. The van der Waals surface area contributed by atoms with Gasteiger partial charge in [-0.2, -0.15) is 0 Å². The second-order valence-electron chi connectivity index (χ2n) is 2.60. The van der Waals surface area contributed by atoms with Crippen molar-refractivity contribution in [2.75, 3.05) is 12.4 Å². The van der Waals surface area contributed by atoms with Crippen molar-refractivity contribution >= 4 is 5.69 Å². The minimum absolute atomic E-state index is 0.606. The van der Waals surface area contributed by atoms with E-state index in [-0.39, 0.29) is 0 Å². The molecule has 60 valence electrons. The fraction of sp³-hybridized carbons (Fsp3) is 0.333. The Morgan fingerprint density at radius 1 is 1.45 bits per heavy atom. The van der Waals surface area contributed by atoms with Crippen LogP contribution in [0.3, 0.4) is 0 Å². The van der Waals surface area contributed by atoms with Gasteiger partial charge in [-0.15, -0.1) is 0 Å². The Balaban J connectivity index is 3.02. The first kappa shape index (κ1) is 8.08. The van der Waals surface area contributed by atoms with Crippen LogP contribution in [0.5, 0.6) is 0 Å². The molecule has 0 amide bonds. The van der Waals surface area contributed by atoms with Gasteiger partial charge in [0.1, 0.15) is 0 Å². The van der Waals surface area contributed by atoms with Gasteiger partial charge in [0.15, 0.2) is 0 Å². The van der Waals surface area contributed by atoms with Crippen LogP contribution in [0.4, 0.5) is 5.69 Å². The van der Waals surface area contributed by atoms with Gasteiger partial charge in [0.05, 0.1) is 0 Å². The number of hydrogen-bond donors (Lipinski definition) is 2.